The Morgan fingerprint density at radius 1 is 0.510 bits per heavy atom. The van der Waals surface area contributed by atoms with Gasteiger partial charge in [0, 0.05) is 26.7 Å². The first-order valence-corrected chi connectivity index (χ1v) is 19.7. The molecule has 9 rings (SSSR count). The van der Waals surface area contributed by atoms with E-state index < -0.39 is 7.14 Å². The van der Waals surface area contributed by atoms with Crippen LogP contribution in [-0.4, -0.2) is 0 Å². The van der Waals surface area contributed by atoms with E-state index in [-0.39, 0.29) is 10.8 Å². The molecule has 2 aliphatic carbocycles. The van der Waals surface area contributed by atoms with Gasteiger partial charge < -0.3 is 4.57 Å². The van der Waals surface area contributed by atoms with Gasteiger partial charge in [-0.05, 0) is 102 Å². The van der Waals surface area contributed by atoms with Crippen LogP contribution in [0.2, 0.25) is 0 Å². The summed E-state index contributed by atoms with van der Waals surface area (Å²) in [4.78, 5) is 0. The van der Waals surface area contributed by atoms with Crippen molar-refractivity contribution in [1.29, 1.82) is 0 Å². The Balaban J connectivity index is 1.34. The lowest BCUT2D eigenvalue weighted by Crippen LogP contribution is -2.28. The molecular weight excluding hydrogens is 636 g/mol. The van der Waals surface area contributed by atoms with Crippen LogP contribution in [0.5, 0.6) is 0 Å². The molecule has 1 atom stereocenters. The van der Waals surface area contributed by atoms with Crippen molar-refractivity contribution in [3.63, 3.8) is 0 Å². The molecule has 2 aliphatic rings. The van der Waals surface area contributed by atoms with Crippen LogP contribution < -0.4 is 15.9 Å². The molecule has 0 aromatic heterocycles. The predicted molar refractivity (Wildman–Crippen MR) is 221 cm³/mol. The van der Waals surface area contributed by atoms with Crippen LogP contribution in [0, 0.1) is 0 Å². The van der Waals surface area contributed by atoms with E-state index in [1.807, 2.05) is 6.08 Å². The Hall–Kier alpha value is -5.23. The number of benzene rings is 7. The van der Waals surface area contributed by atoms with Crippen LogP contribution in [0.4, 0.5) is 0 Å². The van der Waals surface area contributed by atoms with E-state index in [0.717, 1.165) is 21.3 Å². The third-order valence-corrected chi connectivity index (χ3v) is 14.9. The second kappa shape index (κ2) is 11.1. The average molecular weight is 677 g/mol. The first-order chi connectivity index (χ1) is 24.6. The zero-order valence-electron chi connectivity index (χ0n) is 29.9. The maximum atomic E-state index is 16.7. The maximum absolute atomic E-state index is 16.7. The maximum Gasteiger partial charge on any atom is 0.171 e. The number of rotatable bonds is 5. The number of allylic oxidation sites excluding steroid dienone is 5. The summed E-state index contributed by atoms with van der Waals surface area (Å²) in [5.41, 5.74) is 9.30. The molecule has 0 fully saturated rings. The van der Waals surface area contributed by atoms with Crippen LogP contribution in [-0.2, 0) is 15.4 Å². The lowest BCUT2D eigenvalue weighted by atomic mass is 9.81. The Labute approximate surface area is 301 Å². The van der Waals surface area contributed by atoms with Crippen molar-refractivity contribution in [2.45, 2.75) is 45.4 Å². The van der Waals surface area contributed by atoms with Gasteiger partial charge in [-0.3, -0.25) is 0 Å². The molecule has 248 valence electrons. The summed E-state index contributed by atoms with van der Waals surface area (Å²) in [5, 5.41) is 9.72. The van der Waals surface area contributed by atoms with Crippen LogP contribution in [0.15, 0.2) is 158 Å². The Morgan fingerprint density at radius 2 is 0.980 bits per heavy atom. The van der Waals surface area contributed by atoms with Crippen LogP contribution >= 0.6 is 7.14 Å². The third-order valence-electron chi connectivity index (χ3n) is 11.9. The van der Waals surface area contributed by atoms with E-state index in [4.69, 9.17) is 0 Å². The quantitative estimate of drug-likeness (QED) is 0.131. The van der Waals surface area contributed by atoms with Gasteiger partial charge in [0.05, 0.1) is 0 Å². The number of hydrogen-bond acceptors (Lipinski definition) is 1. The molecular formula is C49H41OP. The highest BCUT2D eigenvalue weighted by Crippen LogP contribution is 2.53. The van der Waals surface area contributed by atoms with Gasteiger partial charge in [0.2, 0.25) is 0 Å². The van der Waals surface area contributed by atoms with Crippen molar-refractivity contribution in [3.8, 4) is 11.1 Å². The van der Waals surface area contributed by atoms with E-state index >= 15 is 4.57 Å². The monoisotopic (exact) mass is 676 g/mol. The van der Waals surface area contributed by atoms with Crippen LogP contribution in [0.3, 0.4) is 0 Å². The largest absolute Gasteiger partial charge is 0.309 e. The molecule has 1 unspecified atom stereocenters. The van der Waals surface area contributed by atoms with Crippen molar-refractivity contribution in [2.24, 2.45) is 0 Å². The lowest BCUT2D eigenvalue weighted by molar-refractivity contribution is 0.592. The van der Waals surface area contributed by atoms with Gasteiger partial charge in [0.15, 0.2) is 7.14 Å². The summed E-state index contributed by atoms with van der Waals surface area (Å²) in [6, 6.07) is 45.7. The molecule has 0 radical (unpaired) electrons. The second-order valence-electron chi connectivity index (χ2n) is 15.2. The van der Waals surface area contributed by atoms with Crippen molar-refractivity contribution in [1.82, 2.24) is 0 Å². The van der Waals surface area contributed by atoms with Crippen LogP contribution in [0.1, 0.15) is 56.9 Å². The highest BCUT2D eigenvalue weighted by Gasteiger charge is 2.41. The first-order valence-electron chi connectivity index (χ1n) is 17.9. The van der Waals surface area contributed by atoms with Gasteiger partial charge in [0.25, 0.3) is 0 Å². The minimum Gasteiger partial charge on any atom is -0.309 e. The topological polar surface area (TPSA) is 17.1 Å². The summed E-state index contributed by atoms with van der Waals surface area (Å²) in [5.74, 6) is 0. The summed E-state index contributed by atoms with van der Waals surface area (Å²) in [6.45, 7) is 15.4. The molecule has 7 aromatic rings. The van der Waals surface area contributed by atoms with Gasteiger partial charge in [-0.2, -0.15) is 0 Å². The van der Waals surface area contributed by atoms with Gasteiger partial charge in [-0.25, -0.2) is 0 Å². The smallest absolute Gasteiger partial charge is 0.171 e. The van der Waals surface area contributed by atoms with Gasteiger partial charge >= 0.3 is 0 Å². The minimum absolute atomic E-state index is 0.213. The molecule has 0 bridgehead atoms. The number of fused-ring (bicyclic) bond motifs is 10. The Morgan fingerprint density at radius 3 is 1.59 bits per heavy atom. The molecule has 0 aliphatic heterocycles. The zero-order chi connectivity index (χ0) is 35.3. The Kier molecular flexibility index (Phi) is 6.93. The van der Waals surface area contributed by atoms with Crippen molar-refractivity contribution in [3.05, 3.63) is 180 Å². The molecule has 1 nitrogen and oxygen atoms in total. The van der Waals surface area contributed by atoms with E-state index in [0.29, 0.717) is 0 Å². The standard InChI is InChI=1S/C49H41OP/c1-7-15-39-41-26-23-32(29-46(41)48(3,4)44(39)8-2)51(50,33-24-27-42-40-20-13-14-21-45(40)49(5,6)47(42)30-33)31-22-25-38-36-18-10-9-16-34(36)35-17-11-12-19-37(35)43(38)28-31/h7-30H,2H2,1,3-6H3/b15-7-. The lowest BCUT2D eigenvalue weighted by Gasteiger charge is -2.27. The molecule has 7 aromatic carbocycles. The summed E-state index contributed by atoms with van der Waals surface area (Å²) in [7, 11) is -3.42. The fourth-order valence-corrected chi connectivity index (χ4v) is 11.9. The predicted octanol–water partition coefficient (Wildman–Crippen LogP) is 11.9. The van der Waals surface area contributed by atoms with E-state index in [9.17, 15) is 0 Å². The van der Waals surface area contributed by atoms with E-state index in [1.54, 1.807) is 0 Å². The number of hydrogen-bond donors (Lipinski definition) is 0. The zero-order valence-corrected chi connectivity index (χ0v) is 30.8. The second-order valence-corrected chi connectivity index (χ2v) is 18.0. The molecule has 0 spiro atoms. The molecule has 0 saturated carbocycles. The van der Waals surface area contributed by atoms with Gasteiger partial charge in [-0.15, -0.1) is 0 Å². The highest BCUT2D eigenvalue weighted by molar-refractivity contribution is 7.85. The highest BCUT2D eigenvalue weighted by atomic mass is 31.2. The van der Waals surface area contributed by atoms with Gasteiger partial charge in [0.1, 0.15) is 0 Å². The SMILES string of the molecule is C=CC1=C(/C=C\C)c2ccc(P(=O)(c3ccc4c(c3)C(C)(C)c3ccccc3-4)c3ccc4c5ccccc5c5ccccc5c4c3)cc2C1(C)C. The fraction of sp³-hybridized carbons (Fsp3) is 0.143. The Bertz CT molecular complexity index is 2720. The van der Waals surface area contributed by atoms with Crippen molar-refractivity contribution < 1.29 is 4.57 Å². The molecule has 0 saturated heterocycles. The normalized spacial score (nSPS) is 16.8. The summed E-state index contributed by atoms with van der Waals surface area (Å²) < 4.78 is 16.7. The third kappa shape index (κ3) is 4.31. The van der Waals surface area contributed by atoms with E-state index in [2.05, 4.69) is 181 Å². The van der Waals surface area contributed by atoms with Crippen molar-refractivity contribution >= 4 is 60.9 Å². The molecule has 0 N–H and O–H groups in total. The molecule has 0 heterocycles. The summed E-state index contributed by atoms with van der Waals surface area (Å²) >= 11 is 0. The molecule has 51 heavy (non-hydrogen) atoms. The van der Waals surface area contributed by atoms with Gasteiger partial charge in [-0.1, -0.05) is 162 Å². The van der Waals surface area contributed by atoms with E-state index in [1.165, 1.54) is 71.5 Å². The van der Waals surface area contributed by atoms with Crippen LogP contribution in [0.25, 0.3) is 49.0 Å². The minimum atomic E-state index is -3.42. The first kappa shape index (κ1) is 31.7. The fourth-order valence-electron chi connectivity index (χ4n) is 9.25. The summed E-state index contributed by atoms with van der Waals surface area (Å²) in [6.07, 6.45) is 6.27. The molecule has 0 amide bonds. The van der Waals surface area contributed by atoms with Crippen molar-refractivity contribution in [2.75, 3.05) is 0 Å². The molecule has 2 heteroatoms. The average Bonchev–Trinajstić information content (AvgIpc) is 3.52.